The standard InChI is InChI=1S/C35H36N2O9.C2H6/c1-4-5-10-33-36-20-25(16-24(34(38)39)15-23-17-31-32(19-29(23)43-3)45-14-13-44-31)37(33)28-12-11-26(42-2)18-30(28)46-21-22-8-6-7-9-27(22)35(40)41;1-2/h6-9,11-12,16-20H,4-5,10,13-15,21H2,1-3H3,(H,38,39)(H,40,41);1-2H3/b24-16+;. The smallest absolute Gasteiger partial charge is 0.336 e. The molecule has 0 aliphatic carbocycles. The molecule has 0 bridgehead atoms. The summed E-state index contributed by atoms with van der Waals surface area (Å²) in [6, 6.07) is 15.4. The highest BCUT2D eigenvalue weighted by Gasteiger charge is 2.22. The molecule has 0 radical (unpaired) electrons. The summed E-state index contributed by atoms with van der Waals surface area (Å²) in [6.07, 6.45) is 5.70. The van der Waals surface area contributed by atoms with E-state index in [0.29, 0.717) is 70.9 Å². The van der Waals surface area contributed by atoms with Crippen molar-refractivity contribution in [1.82, 2.24) is 9.55 Å². The van der Waals surface area contributed by atoms with Crippen LogP contribution in [0.5, 0.6) is 28.7 Å². The second-order valence-electron chi connectivity index (χ2n) is 10.6. The number of methoxy groups -OCH3 is 2. The van der Waals surface area contributed by atoms with Crippen molar-refractivity contribution in [3.05, 3.63) is 94.6 Å². The third-order valence-electron chi connectivity index (χ3n) is 7.58. The summed E-state index contributed by atoms with van der Waals surface area (Å²) in [5.41, 5.74) is 2.50. The molecule has 3 aromatic carbocycles. The average Bonchev–Trinajstić information content (AvgIpc) is 3.51. The summed E-state index contributed by atoms with van der Waals surface area (Å²) in [5.74, 6) is 1.08. The number of carboxylic acid groups (broad SMARTS) is 2. The molecule has 1 aliphatic heterocycles. The SMILES string of the molecule is CC.CCCCc1ncc(/C=C(\Cc2cc3c(cc2OC)OCCO3)C(=O)O)n1-c1ccc(OC)cc1OCc1ccccc1C(=O)O. The molecule has 0 saturated heterocycles. The van der Waals surface area contributed by atoms with Crippen molar-refractivity contribution in [3.8, 4) is 34.4 Å². The van der Waals surface area contributed by atoms with Crippen molar-refractivity contribution >= 4 is 18.0 Å². The molecule has 5 rings (SSSR count). The summed E-state index contributed by atoms with van der Waals surface area (Å²) in [7, 11) is 3.07. The van der Waals surface area contributed by atoms with Gasteiger partial charge in [-0.1, -0.05) is 45.4 Å². The number of aryl methyl sites for hydroxylation is 1. The van der Waals surface area contributed by atoms with E-state index < -0.39 is 11.9 Å². The summed E-state index contributed by atoms with van der Waals surface area (Å²) in [4.78, 5) is 29.1. The number of aromatic carboxylic acids is 1. The largest absolute Gasteiger partial charge is 0.497 e. The van der Waals surface area contributed by atoms with Crippen LogP contribution in [0.15, 0.2) is 66.4 Å². The van der Waals surface area contributed by atoms with E-state index in [0.717, 1.165) is 18.7 Å². The minimum atomic E-state index is -1.10. The van der Waals surface area contributed by atoms with Crippen molar-refractivity contribution in [2.75, 3.05) is 27.4 Å². The Hall–Kier alpha value is -5.45. The Morgan fingerprint density at radius 1 is 0.938 bits per heavy atom. The maximum Gasteiger partial charge on any atom is 0.336 e. The van der Waals surface area contributed by atoms with Crippen LogP contribution >= 0.6 is 0 Å². The van der Waals surface area contributed by atoms with E-state index in [1.54, 1.807) is 61.8 Å². The molecule has 11 nitrogen and oxygen atoms in total. The normalized spacial score (nSPS) is 12.1. The highest BCUT2D eigenvalue weighted by Crippen LogP contribution is 2.38. The van der Waals surface area contributed by atoms with E-state index in [-0.39, 0.29) is 24.2 Å². The van der Waals surface area contributed by atoms with Crippen molar-refractivity contribution in [3.63, 3.8) is 0 Å². The van der Waals surface area contributed by atoms with E-state index >= 15 is 0 Å². The molecular formula is C37H42N2O9. The summed E-state index contributed by atoms with van der Waals surface area (Å²) >= 11 is 0. The molecule has 0 atom stereocenters. The number of fused-ring (bicyclic) bond motifs is 1. The first-order valence-corrected chi connectivity index (χ1v) is 15.9. The number of rotatable bonds is 14. The van der Waals surface area contributed by atoms with E-state index in [1.807, 2.05) is 24.5 Å². The van der Waals surface area contributed by atoms with E-state index in [4.69, 9.17) is 23.7 Å². The monoisotopic (exact) mass is 658 g/mol. The zero-order valence-electron chi connectivity index (χ0n) is 27.9. The van der Waals surface area contributed by atoms with Crippen molar-refractivity contribution in [2.45, 2.75) is 53.1 Å². The van der Waals surface area contributed by atoms with Crippen LogP contribution in [0.25, 0.3) is 11.8 Å². The number of imidazole rings is 1. The van der Waals surface area contributed by atoms with Gasteiger partial charge in [-0.05, 0) is 36.8 Å². The van der Waals surface area contributed by atoms with Gasteiger partial charge in [0, 0.05) is 41.7 Å². The van der Waals surface area contributed by atoms with Gasteiger partial charge in [0.1, 0.15) is 42.9 Å². The number of nitrogens with zero attached hydrogens (tertiary/aromatic N) is 2. The van der Waals surface area contributed by atoms with Gasteiger partial charge in [-0.3, -0.25) is 4.57 Å². The van der Waals surface area contributed by atoms with Gasteiger partial charge in [-0.2, -0.15) is 0 Å². The number of hydrogen-bond acceptors (Lipinski definition) is 8. The number of carbonyl (C=O) groups is 2. The lowest BCUT2D eigenvalue weighted by atomic mass is 10.0. The quantitative estimate of drug-likeness (QED) is 0.136. The number of aromatic nitrogens is 2. The van der Waals surface area contributed by atoms with Gasteiger partial charge < -0.3 is 33.9 Å². The Balaban J connectivity index is 0.00000255. The van der Waals surface area contributed by atoms with Gasteiger partial charge in [-0.15, -0.1) is 0 Å². The molecule has 0 fully saturated rings. The zero-order chi connectivity index (χ0) is 34.6. The van der Waals surface area contributed by atoms with E-state index in [9.17, 15) is 19.8 Å². The van der Waals surface area contributed by atoms with Crippen LogP contribution in [0.2, 0.25) is 0 Å². The van der Waals surface area contributed by atoms with E-state index in [1.165, 1.54) is 13.2 Å². The molecule has 0 unspecified atom stereocenters. The van der Waals surface area contributed by atoms with Crippen molar-refractivity contribution in [1.29, 1.82) is 0 Å². The Kier molecular flexibility index (Phi) is 12.5. The minimum absolute atomic E-state index is 0.0168. The summed E-state index contributed by atoms with van der Waals surface area (Å²) in [6.45, 7) is 6.88. The number of benzene rings is 3. The lowest BCUT2D eigenvalue weighted by Gasteiger charge is -2.21. The molecule has 2 heterocycles. The fourth-order valence-corrected chi connectivity index (χ4v) is 5.24. The Morgan fingerprint density at radius 3 is 2.33 bits per heavy atom. The first-order chi connectivity index (χ1) is 23.3. The molecule has 0 saturated carbocycles. The van der Waals surface area contributed by atoms with Crippen LogP contribution in [0.4, 0.5) is 0 Å². The van der Waals surface area contributed by atoms with Crippen LogP contribution in [0.1, 0.15) is 66.6 Å². The average molecular weight is 659 g/mol. The Labute approximate surface area is 280 Å². The number of ether oxygens (including phenoxy) is 5. The predicted octanol–water partition coefficient (Wildman–Crippen LogP) is 7.02. The first-order valence-electron chi connectivity index (χ1n) is 15.9. The van der Waals surface area contributed by atoms with Crippen LogP contribution in [-0.4, -0.2) is 59.1 Å². The summed E-state index contributed by atoms with van der Waals surface area (Å²) < 4.78 is 30.6. The minimum Gasteiger partial charge on any atom is -0.497 e. The van der Waals surface area contributed by atoms with Crippen LogP contribution in [0.3, 0.4) is 0 Å². The third kappa shape index (κ3) is 8.28. The fraction of sp³-hybridized carbons (Fsp3) is 0.324. The molecule has 48 heavy (non-hydrogen) atoms. The van der Waals surface area contributed by atoms with Gasteiger partial charge >= 0.3 is 11.9 Å². The van der Waals surface area contributed by atoms with Crippen LogP contribution in [-0.2, 0) is 24.2 Å². The van der Waals surface area contributed by atoms with Gasteiger partial charge in [0.2, 0.25) is 0 Å². The van der Waals surface area contributed by atoms with Crippen LogP contribution in [0, 0.1) is 0 Å². The molecule has 254 valence electrons. The number of carboxylic acids is 2. The number of aliphatic carboxylic acids is 1. The molecule has 2 N–H and O–H groups in total. The second kappa shape index (κ2) is 16.9. The molecule has 0 amide bonds. The maximum atomic E-state index is 12.6. The second-order valence-corrected chi connectivity index (χ2v) is 10.6. The molecule has 11 heteroatoms. The first kappa shape index (κ1) is 35.4. The van der Waals surface area contributed by atoms with Gasteiger partial charge in [0.15, 0.2) is 11.5 Å². The highest BCUT2D eigenvalue weighted by atomic mass is 16.6. The van der Waals surface area contributed by atoms with Crippen molar-refractivity contribution in [2.24, 2.45) is 0 Å². The van der Waals surface area contributed by atoms with E-state index in [2.05, 4.69) is 11.9 Å². The molecule has 1 aliphatic rings. The van der Waals surface area contributed by atoms with Gasteiger partial charge in [0.25, 0.3) is 0 Å². The molecule has 1 aromatic heterocycles. The lowest BCUT2D eigenvalue weighted by molar-refractivity contribution is -0.132. The molecule has 0 spiro atoms. The third-order valence-corrected chi connectivity index (χ3v) is 7.58. The highest BCUT2D eigenvalue weighted by molar-refractivity contribution is 5.93. The van der Waals surface area contributed by atoms with Gasteiger partial charge in [-0.25, -0.2) is 14.6 Å². The molecule has 4 aromatic rings. The number of unbranched alkanes of at least 4 members (excludes halogenated alkanes) is 1. The Morgan fingerprint density at radius 2 is 1.67 bits per heavy atom. The Bertz CT molecular complexity index is 1760. The summed E-state index contributed by atoms with van der Waals surface area (Å²) in [5, 5.41) is 20.0. The zero-order valence-corrected chi connectivity index (χ0v) is 27.9. The van der Waals surface area contributed by atoms with Crippen LogP contribution < -0.4 is 23.7 Å². The topological polar surface area (TPSA) is 139 Å². The maximum absolute atomic E-state index is 12.6. The lowest BCUT2D eigenvalue weighted by Crippen LogP contribution is -2.16. The fourth-order valence-electron chi connectivity index (χ4n) is 5.24. The van der Waals surface area contributed by atoms with Gasteiger partial charge in [0.05, 0.1) is 37.4 Å². The predicted molar refractivity (Wildman–Crippen MR) is 181 cm³/mol. The molecular weight excluding hydrogens is 616 g/mol. The number of hydrogen-bond donors (Lipinski definition) is 2. The van der Waals surface area contributed by atoms with Crippen molar-refractivity contribution < 1.29 is 43.5 Å².